The molecule has 3 aliphatic carbocycles. The molecule has 1 spiro atoms. The Morgan fingerprint density at radius 3 is 2.65 bits per heavy atom. The SMILES string of the molecule is CC(=NOC1CCCC1)C(=O)NC1CC2(C1)CC(Nc1cc(C(=O)NC[C@H](O)CN3CCc4ccccc4C3)ncn1)C2. The fraction of sp³-hybridized carbons (Fsp3) is 0.594. The minimum absolute atomic E-state index is 0.149. The van der Waals surface area contributed by atoms with E-state index in [-0.39, 0.29) is 47.7 Å². The van der Waals surface area contributed by atoms with Gasteiger partial charge in [-0.05, 0) is 81.3 Å². The first-order valence-corrected chi connectivity index (χ1v) is 15.7. The lowest BCUT2D eigenvalue weighted by molar-refractivity contribution is -0.118. The maximum atomic E-state index is 12.8. The lowest BCUT2D eigenvalue weighted by atomic mass is 9.52. The maximum absolute atomic E-state index is 12.8. The molecular formula is C32H43N7O4. The van der Waals surface area contributed by atoms with E-state index in [1.165, 1.54) is 30.3 Å². The molecule has 0 radical (unpaired) electrons. The number of aliphatic hydroxyl groups is 1. The van der Waals surface area contributed by atoms with Gasteiger partial charge in [-0.15, -0.1) is 0 Å². The number of oxime groups is 1. The van der Waals surface area contributed by atoms with E-state index in [9.17, 15) is 14.7 Å². The van der Waals surface area contributed by atoms with E-state index in [2.05, 4.69) is 54.2 Å². The number of carbonyl (C=O) groups excluding carboxylic acids is 2. The van der Waals surface area contributed by atoms with E-state index in [0.717, 1.165) is 58.0 Å². The number of aliphatic hydroxyl groups excluding tert-OH is 1. The Morgan fingerprint density at radius 1 is 1.12 bits per heavy atom. The molecule has 230 valence electrons. The van der Waals surface area contributed by atoms with Crippen molar-refractivity contribution in [3.05, 3.63) is 53.5 Å². The number of amides is 2. The monoisotopic (exact) mass is 589 g/mol. The molecule has 2 amide bonds. The van der Waals surface area contributed by atoms with Gasteiger partial charge >= 0.3 is 0 Å². The number of hydrogen-bond donors (Lipinski definition) is 4. The van der Waals surface area contributed by atoms with Gasteiger partial charge in [-0.1, -0.05) is 29.4 Å². The Balaban J connectivity index is 0.889. The summed E-state index contributed by atoms with van der Waals surface area (Å²) >= 11 is 0. The fourth-order valence-corrected chi connectivity index (χ4v) is 7.13. The molecule has 0 bridgehead atoms. The molecule has 1 aromatic carbocycles. The maximum Gasteiger partial charge on any atom is 0.270 e. The van der Waals surface area contributed by atoms with Crippen LogP contribution in [0.4, 0.5) is 5.82 Å². The summed E-state index contributed by atoms with van der Waals surface area (Å²) in [4.78, 5) is 41.4. The fourth-order valence-electron chi connectivity index (χ4n) is 7.13. The summed E-state index contributed by atoms with van der Waals surface area (Å²) in [7, 11) is 0. The molecule has 2 heterocycles. The van der Waals surface area contributed by atoms with Crippen molar-refractivity contribution in [2.24, 2.45) is 10.6 Å². The molecule has 11 nitrogen and oxygen atoms in total. The smallest absolute Gasteiger partial charge is 0.270 e. The third kappa shape index (κ3) is 7.33. The van der Waals surface area contributed by atoms with Crippen LogP contribution < -0.4 is 16.0 Å². The van der Waals surface area contributed by atoms with E-state index in [1.54, 1.807) is 13.0 Å². The van der Waals surface area contributed by atoms with Crippen molar-refractivity contribution in [3.63, 3.8) is 0 Å². The Hall–Kier alpha value is -3.57. The predicted octanol–water partition coefficient (Wildman–Crippen LogP) is 2.80. The van der Waals surface area contributed by atoms with E-state index in [4.69, 9.17) is 4.84 Å². The van der Waals surface area contributed by atoms with Gasteiger partial charge in [-0.3, -0.25) is 14.5 Å². The summed E-state index contributed by atoms with van der Waals surface area (Å²) in [6, 6.07) is 10.5. The first kappa shape index (κ1) is 29.5. The highest BCUT2D eigenvalue weighted by Crippen LogP contribution is 2.56. The van der Waals surface area contributed by atoms with E-state index < -0.39 is 6.10 Å². The first-order valence-electron chi connectivity index (χ1n) is 15.7. The third-order valence-electron chi connectivity index (χ3n) is 9.45. The number of anilines is 1. The van der Waals surface area contributed by atoms with Crippen LogP contribution in [0.3, 0.4) is 0 Å². The van der Waals surface area contributed by atoms with Crippen LogP contribution in [0.5, 0.6) is 0 Å². The molecule has 4 aliphatic rings. The number of nitrogens with one attached hydrogen (secondary N) is 3. The normalized spacial score (nSPS) is 26.1. The summed E-state index contributed by atoms with van der Waals surface area (Å²) in [5, 5.41) is 24.0. The number of rotatable bonds is 11. The second kappa shape index (κ2) is 13.0. The van der Waals surface area contributed by atoms with Crippen molar-refractivity contribution in [1.82, 2.24) is 25.5 Å². The molecule has 3 fully saturated rings. The molecular weight excluding hydrogens is 546 g/mol. The summed E-state index contributed by atoms with van der Waals surface area (Å²) in [5.74, 6) is 0.137. The van der Waals surface area contributed by atoms with Gasteiger partial charge in [0.05, 0.1) is 6.10 Å². The van der Waals surface area contributed by atoms with E-state index in [0.29, 0.717) is 18.1 Å². The number of fused-ring (bicyclic) bond motifs is 1. The van der Waals surface area contributed by atoms with Gasteiger partial charge in [0.1, 0.15) is 29.7 Å². The van der Waals surface area contributed by atoms with Crippen LogP contribution in [0.15, 0.2) is 41.8 Å². The Bertz CT molecular complexity index is 1330. The largest absolute Gasteiger partial charge is 0.392 e. The second-order valence-electron chi connectivity index (χ2n) is 12.9. The van der Waals surface area contributed by atoms with Gasteiger partial charge in [-0.2, -0.15) is 0 Å². The average molecular weight is 590 g/mol. The molecule has 0 saturated heterocycles. The number of β-amino-alcohol motifs (C(OH)–C–C–N with tert-alkyl or cyclic N) is 1. The molecule has 6 rings (SSSR count). The summed E-state index contributed by atoms with van der Waals surface area (Å²) < 4.78 is 0. The van der Waals surface area contributed by atoms with Crippen molar-refractivity contribution in [2.75, 3.05) is 25.0 Å². The Morgan fingerprint density at radius 2 is 1.86 bits per heavy atom. The molecule has 11 heteroatoms. The summed E-state index contributed by atoms with van der Waals surface area (Å²) in [6.07, 6.45) is 10.1. The lowest BCUT2D eigenvalue weighted by Crippen LogP contribution is -2.59. The van der Waals surface area contributed by atoms with Gasteiger partial charge in [0.2, 0.25) is 0 Å². The molecule has 1 aliphatic heterocycles. The molecule has 1 aromatic heterocycles. The lowest BCUT2D eigenvalue weighted by Gasteiger charge is -2.57. The van der Waals surface area contributed by atoms with Crippen LogP contribution in [0.1, 0.15) is 79.9 Å². The number of aromatic nitrogens is 2. The van der Waals surface area contributed by atoms with Gasteiger partial charge in [0.25, 0.3) is 11.8 Å². The Kier molecular flexibility index (Phi) is 8.90. The zero-order valence-corrected chi connectivity index (χ0v) is 24.9. The number of nitrogens with zero attached hydrogens (tertiary/aromatic N) is 4. The quantitative estimate of drug-likeness (QED) is 0.232. The summed E-state index contributed by atoms with van der Waals surface area (Å²) in [6.45, 7) is 4.07. The standard InChI is InChI=1S/C32H43N7O4/c1-21(38-43-27-8-4-5-9-27)30(41)37-25-15-32(16-25)13-24(14-32)36-29-12-28(34-20-35-29)31(42)33-17-26(40)19-39-11-10-22-6-2-3-7-23(22)18-39/h2-3,6-7,12,20,24-27,40H,4-5,8-11,13-19H2,1H3,(H,33,42)(H,37,41)(H,34,35,36)/t24?,25?,26-,32?/m0/s1. The van der Waals surface area contributed by atoms with Crippen molar-refractivity contribution >= 4 is 23.3 Å². The van der Waals surface area contributed by atoms with Gasteiger partial charge in [0.15, 0.2) is 0 Å². The van der Waals surface area contributed by atoms with Gasteiger partial charge < -0.3 is 25.9 Å². The average Bonchev–Trinajstić information content (AvgIpc) is 3.50. The molecule has 4 N–H and O–H groups in total. The van der Waals surface area contributed by atoms with Crippen LogP contribution in [0.25, 0.3) is 0 Å². The minimum atomic E-state index is -0.669. The second-order valence-corrected chi connectivity index (χ2v) is 12.9. The van der Waals surface area contributed by atoms with Crippen LogP contribution in [-0.4, -0.2) is 81.4 Å². The van der Waals surface area contributed by atoms with E-state index in [1.807, 2.05) is 6.07 Å². The third-order valence-corrected chi connectivity index (χ3v) is 9.45. The van der Waals surface area contributed by atoms with Crippen LogP contribution in [-0.2, 0) is 22.6 Å². The van der Waals surface area contributed by atoms with Crippen LogP contribution in [0.2, 0.25) is 0 Å². The minimum Gasteiger partial charge on any atom is -0.392 e. The highest BCUT2D eigenvalue weighted by molar-refractivity contribution is 6.37. The zero-order valence-electron chi connectivity index (χ0n) is 24.9. The highest BCUT2D eigenvalue weighted by atomic mass is 16.6. The highest BCUT2D eigenvalue weighted by Gasteiger charge is 2.53. The van der Waals surface area contributed by atoms with Crippen LogP contribution in [0, 0.1) is 5.41 Å². The predicted molar refractivity (Wildman–Crippen MR) is 162 cm³/mol. The first-order chi connectivity index (χ1) is 20.8. The number of carbonyl (C=O) groups is 2. The van der Waals surface area contributed by atoms with Crippen molar-refractivity contribution < 1.29 is 19.5 Å². The van der Waals surface area contributed by atoms with Crippen molar-refractivity contribution in [2.45, 2.75) is 95.5 Å². The molecule has 43 heavy (non-hydrogen) atoms. The molecule has 0 unspecified atom stereocenters. The number of benzene rings is 1. The van der Waals surface area contributed by atoms with Crippen molar-refractivity contribution in [1.29, 1.82) is 0 Å². The summed E-state index contributed by atoms with van der Waals surface area (Å²) in [5.41, 5.74) is 3.57. The van der Waals surface area contributed by atoms with Crippen LogP contribution >= 0.6 is 0 Å². The molecule has 3 saturated carbocycles. The van der Waals surface area contributed by atoms with Crippen molar-refractivity contribution in [3.8, 4) is 0 Å². The molecule has 1 atom stereocenters. The Labute approximate surface area is 252 Å². The zero-order chi connectivity index (χ0) is 29.8. The van der Waals surface area contributed by atoms with E-state index >= 15 is 0 Å². The van der Waals surface area contributed by atoms with Gasteiger partial charge in [0, 0.05) is 44.3 Å². The molecule has 2 aromatic rings. The van der Waals surface area contributed by atoms with Gasteiger partial charge in [-0.25, -0.2) is 9.97 Å². The number of hydrogen-bond acceptors (Lipinski definition) is 9. The topological polar surface area (TPSA) is 141 Å².